The predicted molar refractivity (Wildman–Crippen MR) is 142 cm³/mol. The lowest BCUT2D eigenvalue weighted by atomic mass is 9.99. The molecule has 3 aromatic rings. The number of benzene rings is 2. The van der Waals surface area contributed by atoms with E-state index in [1.807, 2.05) is 36.4 Å². The monoisotopic (exact) mass is 466 g/mol. The van der Waals surface area contributed by atoms with E-state index >= 15 is 0 Å². The van der Waals surface area contributed by atoms with E-state index in [1.165, 1.54) is 51.4 Å². The Bertz CT molecular complexity index is 964. The zero-order valence-corrected chi connectivity index (χ0v) is 21.0. The molecule has 0 aliphatic heterocycles. The molecule has 1 heterocycles. The molecule has 0 fully saturated rings. The maximum atomic E-state index is 11.4. The minimum absolute atomic E-state index is 0.573. The molecule has 0 aliphatic rings. The summed E-state index contributed by atoms with van der Waals surface area (Å²) in [6, 6.07) is 18.0. The van der Waals surface area contributed by atoms with Gasteiger partial charge in [0.05, 0.1) is 17.3 Å². The molecule has 1 aromatic heterocycles. The Hall–Kier alpha value is -1.94. The number of hydrogen-bond acceptors (Lipinski definition) is 3. The molecular formula is C29H39ClN2O. The van der Waals surface area contributed by atoms with Crippen molar-refractivity contribution in [3.05, 3.63) is 65.2 Å². The smallest absolute Gasteiger partial charge is 0.0924 e. The van der Waals surface area contributed by atoms with Crippen LogP contribution in [-0.4, -0.2) is 34.6 Å². The van der Waals surface area contributed by atoms with Crippen molar-refractivity contribution >= 4 is 22.5 Å². The van der Waals surface area contributed by atoms with E-state index < -0.39 is 6.10 Å². The third-order valence-electron chi connectivity index (χ3n) is 6.32. The highest BCUT2D eigenvalue weighted by atomic mass is 35.5. The van der Waals surface area contributed by atoms with E-state index in [1.54, 1.807) is 0 Å². The summed E-state index contributed by atoms with van der Waals surface area (Å²) in [7, 11) is 0. The van der Waals surface area contributed by atoms with E-state index in [0.717, 1.165) is 40.8 Å². The number of aromatic nitrogens is 1. The van der Waals surface area contributed by atoms with Crippen molar-refractivity contribution < 1.29 is 5.11 Å². The molecule has 178 valence electrons. The van der Waals surface area contributed by atoms with Crippen molar-refractivity contribution in [1.82, 2.24) is 9.88 Å². The first-order chi connectivity index (χ1) is 16.1. The fraction of sp³-hybridized carbons (Fsp3) is 0.483. The summed E-state index contributed by atoms with van der Waals surface area (Å²) in [5.41, 5.74) is 3.68. The SMILES string of the molecule is CCCCCCN(CCCCCC)C[C@H](O)c1cc(-c2ccccc2)nc2cc(Cl)ccc12. The lowest BCUT2D eigenvalue weighted by molar-refractivity contribution is 0.111. The van der Waals surface area contributed by atoms with E-state index in [-0.39, 0.29) is 0 Å². The predicted octanol–water partition coefficient (Wildman–Crippen LogP) is 8.05. The van der Waals surface area contributed by atoms with Gasteiger partial charge in [-0.05, 0) is 49.7 Å². The molecule has 0 spiro atoms. The number of rotatable bonds is 14. The first-order valence-electron chi connectivity index (χ1n) is 12.7. The molecule has 0 radical (unpaired) electrons. The number of pyridine rings is 1. The van der Waals surface area contributed by atoms with Crippen LogP contribution < -0.4 is 0 Å². The molecule has 33 heavy (non-hydrogen) atoms. The van der Waals surface area contributed by atoms with Crippen molar-refractivity contribution in [3.63, 3.8) is 0 Å². The van der Waals surface area contributed by atoms with Gasteiger partial charge in [0.15, 0.2) is 0 Å². The molecule has 1 atom stereocenters. The number of aliphatic hydroxyl groups is 1. The summed E-state index contributed by atoms with van der Waals surface area (Å²) in [4.78, 5) is 7.32. The van der Waals surface area contributed by atoms with Crippen molar-refractivity contribution in [2.24, 2.45) is 0 Å². The summed E-state index contributed by atoms with van der Waals surface area (Å²) >= 11 is 6.29. The van der Waals surface area contributed by atoms with Crippen LogP contribution >= 0.6 is 11.6 Å². The van der Waals surface area contributed by atoms with E-state index in [4.69, 9.17) is 16.6 Å². The van der Waals surface area contributed by atoms with Gasteiger partial charge in [0.1, 0.15) is 0 Å². The maximum Gasteiger partial charge on any atom is 0.0924 e. The van der Waals surface area contributed by atoms with E-state index in [2.05, 4.69) is 36.9 Å². The molecule has 0 amide bonds. The van der Waals surface area contributed by atoms with Gasteiger partial charge in [-0.25, -0.2) is 4.98 Å². The number of halogens is 1. The topological polar surface area (TPSA) is 36.4 Å². The number of fused-ring (bicyclic) bond motifs is 1. The van der Waals surface area contributed by atoms with Crippen LogP contribution in [0, 0.1) is 0 Å². The van der Waals surface area contributed by atoms with Crippen LogP contribution in [0.3, 0.4) is 0 Å². The average Bonchev–Trinajstić information content (AvgIpc) is 2.83. The Morgan fingerprint density at radius 1 is 0.848 bits per heavy atom. The molecule has 0 unspecified atom stereocenters. The number of unbranched alkanes of at least 4 members (excludes halogenated alkanes) is 6. The van der Waals surface area contributed by atoms with Gasteiger partial charge >= 0.3 is 0 Å². The maximum absolute atomic E-state index is 11.4. The second-order valence-corrected chi connectivity index (χ2v) is 9.50. The van der Waals surface area contributed by atoms with Crippen molar-refractivity contribution in [3.8, 4) is 11.3 Å². The fourth-order valence-corrected chi connectivity index (χ4v) is 4.59. The summed E-state index contributed by atoms with van der Waals surface area (Å²) in [5.74, 6) is 0. The number of nitrogens with zero attached hydrogens (tertiary/aromatic N) is 2. The van der Waals surface area contributed by atoms with Gasteiger partial charge in [0, 0.05) is 22.5 Å². The van der Waals surface area contributed by atoms with Gasteiger partial charge in [-0.3, -0.25) is 0 Å². The molecule has 1 N–H and O–H groups in total. The fourth-order valence-electron chi connectivity index (χ4n) is 4.42. The Balaban J connectivity index is 1.84. The third kappa shape index (κ3) is 7.81. The van der Waals surface area contributed by atoms with Gasteiger partial charge in [0.25, 0.3) is 0 Å². The largest absolute Gasteiger partial charge is 0.387 e. The zero-order valence-electron chi connectivity index (χ0n) is 20.3. The van der Waals surface area contributed by atoms with Crippen LogP contribution in [0.2, 0.25) is 5.02 Å². The molecule has 0 bridgehead atoms. The van der Waals surface area contributed by atoms with E-state index in [9.17, 15) is 5.11 Å². The first kappa shape index (κ1) is 25.7. The van der Waals surface area contributed by atoms with Crippen LogP contribution in [0.4, 0.5) is 0 Å². The van der Waals surface area contributed by atoms with Crippen LogP contribution in [0.1, 0.15) is 76.9 Å². The summed E-state index contributed by atoms with van der Waals surface area (Å²) < 4.78 is 0. The highest BCUT2D eigenvalue weighted by Gasteiger charge is 2.18. The number of aliphatic hydroxyl groups excluding tert-OH is 1. The highest BCUT2D eigenvalue weighted by Crippen LogP contribution is 2.31. The van der Waals surface area contributed by atoms with Crippen molar-refractivity contribution in [2.75, 3.05) is 19.6 Å². The molecule has 0 saturated heterocycles. The molecule has 0 saturated carbocycles. The van der Waals surface area contributed by atoms with Gasteiger partial charge in [0.2, 0.25) is 0 Å². The summed E-state index contributed by atoms with van der Waals surface area (Å²) in [6.07, 6.45) is 9.37. The van der Waals surface area contributed by atoms with Crippen LogP contribution in [0.5, 0.6) is 0 Å². The Morgan fingerprint density at radius 3 is 2.15 bits per heavy atom. The lowest BCUT2D eigenvalue weighted by Gasteiger charge is -2.26. The van der Waals surface area contributed by atoms with Crippen molar-refractivity contribution in [1.29, 1.82) is 0 Å². The summed E-state index contributed by atoms with van der Waals surface area (Å²) in [6.45, 7) is 7.23. The molecule has 0 aliphatic carbocycles. The standard InChI is InChI=1S/C29H39ClN2O/c1-3-5-7-12-18-32(19-13-8-6-4-2)22-29(33)26-21-27(23-14-10-9-11-15-23)31-28-20-24(30)16-17-25(26)28/h9-11,14-17,20-21,29,33H,3-8,12-13,18-19,22H2,1-2H3/t29-/m0/s1. The molecule has 2 aromatic carbocycles. The first-order valence-corrected chi connectivity index (χ1v) is 13.1. The quantitative estimate of drug-likeness (QED) is 0.244. The van der Waals surface area contributed by atoms with Gasteiger partial charge in [-0.1, -0.05) is 100 Å². The lowest BCUT2D eigenvalue weighted by Crippen LogP contribution is -2.31. The minimum Gasteiger partial charge on any atom is -0.387 e. The zero-order chi connectivity index (χ0) is 23.5. The molecule has 3 nitrogen and oxygen atoms in total. The normalized spacial score (nSPS) is 12.5. The number of hydrogen-bond donors (Lipinski definition) is 1. The molecule has 3 rings (SSSR count). The van der Waals surface area contributed by atoms with Gasteiger partial charge in [-0.2, -0.15) is 0 Å². The Morgan fingerprint density at radius 2 is 1.52 bits per heavy atom. The highest BCUT2D eigenvalue weighted by molar-refractivity contribution is 6.31. The minimum atomic E-state index is -0.573. The molecular weight excluding hydrogens is 428 g/mol. The van der Waals surface area contributed by atoms with Crippen LogP contribution in [0.25, 0.3) is 22.2 Å². The van der Waals surface area contributed by atoms with Crippen LogP contribution in [-0.2, 0) is 0 Å². The second-order valence-electron chi connectivity index (χ2n) is 9.06. The third-order valence-corrected chi connectivity index (χ3v) is 6.55. The van der Waals surface area contributed by atoms with Gasteiger partial charge in [-0.15, -0.1) is 0 Å². The Labute approximate surface area is 204 Å². The Kier molecular flexibility index (Phi) is 10.7. The van der Waals surface area contributed by atoms with Crippen molar-refractivity contribution in [2.45, 2.75) is 71.3 Å². The second kappa shape index (κ2) is 13.7. The van der Waals surface area contributed by atoms with Gasteiger partial charge < -0.3 is 10.0 Å². The average molecular weight is 467 g/mol. The summed E-state index contributed by atoms with van der Waals surface area (Å²) in [5, 5.41) is 13.1. The van der Waals surface area contributed by atoms with Crippen LogP contribution in [0.15, 0.2) is 54.6 Å². The van der Waals surface area contributed by atoms with E-state index in [0.29, 0.717) is 11.6 Å². The molecule has 4 heteroatoms.